The summed E-state index contributed by atoms with van der Waals surface area (Å²) in [6, 6.07) is 1.71. The maximum Gasteiger partial charge on any atom is 0.237 e. The Balaban J connectivity index is 2.29. The highest BCUT2D eigenvalue weighted by atomic mass is 16.5. The second kappa shape index (κ2) is 7.02. The predicted molar refractivity (Wildman–Crippen MR) is 84.9 cm³/mol. The summed E-state index contributed by atoms with van der Waals surface area (Å²) < 4.78 is 5.56. The van der Waals surface area contributed by atoms with E-state index in [-0.39, 0.29) is 11.9 Å². The number of carbonyl (C=O) groups excluding carboxylic acids is 1. The van der Waals surface area contributed by atoms with Crippen LogP contribution in [0.1, 0.15) is 17.6 Å². The molecular formula is C15H25N5O2. The third-order valence-electron chi connectivity index (χ3n) is 3.51. The maximum atomic E-state index is 12.5. The molecule has 2 heterocycles. The molecule has 1 fully saturated rings. The molecule has 2 rings (SSSR count). The summed E-state index contributed by atoms with van der Waals surface area (Å²) in [6.07, 6.45) is 0. The third-order valence-corrected chi connectivity index (χ3v) is 3.51. The van der Waals surface area contributed by atoms with Crippen molar-refractivity contribution in [3.63, 3.8) is 0 Å². The average molecular weight is 307 g/mol. The summed E-state index contributed by atoms with van der Waals surface area (Å²) in [5.41, 5.74) is 0.888. The van der Waals surface area contributed by atoms with Gasteiger partial charge in [-0.2, -0.15) is 0 Å². The zero-order valence-corrected chi connectivity index (χ0v) is 14.0. The van der Waals surface area contributed by atoms with E-state index >= 15 is 0 Å². The molecule has 7 heteroatoms. The Kier molecular flexibility index (Phi) is 5.31. The standard InChI is InChI=1S/C15H25N5O2/c1-11-8-13(19(4)5)17-15(16-11)12-10-22-7-6-20(12)14(21)9-18(2)3/h8,12H,6-7,9-10H2,1-5H3/t12-/m1/s1. The zero-order valence-electron chi connectivity index (χ0n) is 14.0. The summed E-state index contributed by atoms with van der Waals surface area (Å²) in [5, 5.41) is 0. The van der Waals surface area contributed by atoms with Crippen molar-refractivity contribution in [3.05, 3.63) is 17.6 Å². The van der Waals surface area contributed by atoms with Crippen molar-refractivity contribution in [2.75, 3.05) is 59.4 Å². The van der Waals surface area contributed by atoms with Gasteiger partial charge in [0, 0.05) is 32.4 Å². The highest BCUT2D eigenvalue weighted by Gasteiger charge is 2.31. The van der Waals surface area contributed by atoms with Crippen LogP contribution in [0, 0.1) is 6.92 Å². The summed E-state index contributed by atoms with van der Waals surface area (Å²) in [6.45, 7) is 3.89. The SMILES string of the molecule is Cc1cc(N(C)C)nc([C@H]2COCCN2C(=O)CN(C)C)n1. The minimum absolute atomic E-state index is 0.0785. The van der Waals surface area contributed by atoms with Gasteiger partial charge in [-0.25, -0.2) is 9.97 Å². The first-order valence-corrected chi connectivity index (χ1v) is 7.43. The number of carbonyl (C=O) groups is 1. The number of rotatable bonds is 4. The van der Waals surface area contributed by atoms with Gasteiger partial charge in [0.15, 0.2) is 5.82 Å². The Labute approximate surface area is 131 Å². The molecule has 1 aliphatic heterocycles. The molecule has 1 aliphatic rings. The van der Waals surface area contributed by atoms with E-state index in [4.69, 9.17) is 4.74 Å². The van der Waals surface area contributed by atoms with E-state index in [0.29, 0.717) is 32.1 Å². The van der Waals surface area contributed by atoms with Crippen LogP contribution in [0.4, 0.5) is 5.82 Å². The molecule has 0 aliphatic carbocycles. The fourth-order valence-corrected chi connectivity index (χ4v) is 2.43. The van der Waals surface area contributed by atoms with E-state index in [1.807, 2.05) is 55.9 Å². The van der Waals surface area contributed by atoms with Gasteiger partial charge in [-0.1, -0.05) is 0 Å². The number of hydrogen-bond acceptors (Lipinski definition) is 6. The van der Waals surface area contributed by atoms with Crippen molar-refractivity contribution in [2.45, 2.75) is 13.0 Å². The third kappa shape index (κ3) is 3.92. The summed E-state index contributed by atoms with van der Waals surface area (Å²) in [7, 11) is 7.66. The van der Waals surface area contributed by atoms with Crippen LogP contribution in [0.15, 0.2) is 6.07 Å². The molecule has 1 aromatic rings. The largest absolute Gasteiger partial charge is 0.377 e. The van der Waals surface area contributed by atoms with Crippen molar-refractivity contribution in [2.24, 2.45) is 0 Å². The molecule has 22 heavy (non-hydrogen) atoms. The molecule has 0 N–H and O–H groups in total. The van der Waals surface area contributed by atoms with Crippen molar-refractivity contribution in [3.8, 4) is 0 Å². The van der Waals surface area contributed by atoms with Crippen LogP contribution in [0.5, 0.6) is 0 Å². The van der Waals surface area contributed by atoms with Crippen LogP contribution in [0.25, 0.3) is 0 Å². The Bertz CT molecular complexity index is 533. The lowest BCUT2D eigenvalue weighted by molar-refractivity contribution is -0.141. The number of aryl methyl sites for hydroxylation is 1. The number of hydrogen-bond donors (Lipinski definition) is 0. The number of nitrogens with zero attached hydrogens (tertiary/aromatic N) is 5. The maximum absolute atomic E-state index is 12.5. The Morgan fingerprint density at radius 1 is 1.36 bits per heavy atom. The van der Waals surface area contributed by atoms with Crippen molar-refractivity contribution in [1.29, 1.82) is 0 Å². The Morgan fingerprint density at radius 3 is 2.73 bits per heavy atom. The summed E-state index contributed by atoms with van der Waals surface area (Å²) in [5.74, 6) is 1.57. The molecule has 1 saturated heterocycles. The van der Waals surface area contributed by atoms with Gasteiger partial charge in [0.2, 0.25) is 5.91 Å². The zero-order chi connectivity index (χ0) is 16.3. The average Bonchev–Trinajstić information content (AvgIpc) is 2.45. The molecule has 1 aromatic heterocycles. The van der Waals surface area contributed by atoms with Gasteiger partial charge in [-0.15, -0.1) is 0 Å². The first-order chi connectivity index (χ1) is 10.4. The first-order valence-electron chi connectivity index (χ1n) is 7.43. The van der Waals surface area contributed by atoms with Gasteiger partial charge in [0.1, 0.15) is 11.9 Å². The molecule has 0 unspecified atom stereocenters. The van der Waals surface area contributed by atoms with Gasteiger partial charge < -0.3 is 19.4 Å². The molecule has 0 bridgehead atoms. The lowest BCUT2D eigenvalue weighted by Gasteiger charge is -2.35. The Morgan fingerprint density at radius 2 is 2.09 bits per heavy atom. The van der Waals surface area contributed by atoms with E-state index in [9.17, 15) is 4.79 Å². The topological polar surface area (TPSA) is 61.8 Å². The molecule has 0 spiro atoms. The molecule has 0 radical (unpaired) electrons. The molecule has 0 aromatic carbocycles. The van der Waals surface area contributed by atoms with Gasteiger partial charge in [-0.3, -0.25) is 4.79 Å². The van der Waals surface area contributed by atoms with Crippen LogP contribution in [-0.2, 0) is 9.53 Å². The molecule has 1 atom stereocenters. The number of likely N-dealkylation sites (N-methyl/N-ethyl adjacent to an activating group) is 1. The molecular weight excluding hydrogens is 282 g/mol. The lowest BCUT2D eigenvalue weighted by Crippen LogP contribution is -2.47. The quantitative estimate of drug-likeness (QED) is 0.798. The number of anilines is 1. The summed E-state index contributed by atoms with van der Waals surface area (Å²) in [4.78, 5) is 27.2. The fourth-order valence-electron chi connectivity index (χ4n) is 2.43. The predicted octanol–water partition coefficient (Wildman–Crippen LogP) is 0.313. The van der Waals surface area contributed by atoms with Crippen molar-refractivity contribution in [1.82, 2.24) is 19.8 Å². The monoisotopic (exact) mass is 307 g/mol. The van der Waals surface area contributed by atoms with Gasteiger partial charge >= 0.3 is 0 Å². The minimum Gasteiger partial charge on any atom is -0.377 e. The first kappa shape index (κ1) is 16.6. The smallest absolute Gasteiger partial charge is 0.237 e. The second-order valence-electron chi connectivity index (χ2n) is 6.04. The highest BCUT2D eigenvalue weighted by Crippen LogP contribution is 2.23. The molecule has 0 saturated carbocycles. The van der Waals surface area contributed by atoms with E-state index in [1.54, 1.807) is 0 Å². The van der Waals surface area contributed by atoms with Crippen LogP contribution in [0.2, 0.25) is 0 Å². The number of morpholine rings is 1. The van der Waals surface area contributed by atoms with E-state index in [2.05, 4.69) is 9.97 Å². The van der Waals surface area contributed by atoms with E-state index < -0.39 is 0 Å². The van der Waals surface area contributed by atoms with Crippen LogP contribution in [0.3, 0.4) is 0 Å². The van der Waals surface area contributed by atoms with Crippen LogP contribution >= 0.6 is 0 Å². The number of aromatic nitrogens is 2. The normalized spacial score (nSPS) is 18.6. The number of amides is 1. The lowest BCUT2D eigenvalue weighted by atomic mass is 10.2. The van der Waals surface area contributed by atoms with Gasteiger partial charge in [-0.05, 0) is 21.0 Å². The van der Waals surface area contributed by atoms with Gasteiger partial charge in [0.25, 0.3) is 0 Å². The van der Waals surface area contributed by atoms with Crippen molar-refractivity contribution >= 4 is 11.7 Å². The van der Waals surface area contributed by atoms with Crippen LogP contribution in [-0.4, -0.2) is 80.2 Å². The minimum atomic E-state index is -0.222. The van der Waals surface area contributed by atoms with E-state index in [0.717, 1.165) is 11.5 Å². The highest BCUT2D eigenvalue weighted by molar-refractivity contribution is 5.78. The number of ether oxygens (including phenoxy) is 1. The van der Waals surface area contributed by atoms with E-state index in [1.165, 1.54) is 0 Å². The summed E-state index contributed by atoms with van der Waals surface area (Å²) >= 11 is 0. The van der Waals surface area contributed by atoms with Crippen LogP contribution < -0.4 is 4.90 Å². The fraction of sp³-hybridized carbons (Fsp3) is 0.667. The molecule has 122 valence electrons. The van der Waals surface area contributed by atoms with Gasteiger partial charge in [0.05, 0.1) is 19.8 Å². The molecule has 7 nitrogen and oxygen atoms in total. The molecule has 1 amide bonds. The van der Waals surface area contributed by atoms with Crippen molar-refractivity contribution < 1.29 is 9.53 Å². The second-order valence-corrected chi connectivity index (χ2v) is 6.04. The Hall–Kier alpha value is -1.73.